The van der Waals surface area contributed by atoms with Gasteiger partial charge in [-0.1, -0.05) is 0 Å². The minimum absolute atomic E-state index is 0.276. The van der Waals surface area contributed by atoms with Gasteiger partial charge in [-0.25, -0.2) is 0 Å². The molecule has 0 spiro atoms. The first-order valence-electron chi connectivity index (χ1n) is 6.11. The van der Waals surface area contributed by atoms with E-state index in [0.29, 0.717) is 13.2 Å². The summed E-state index contributed by atoms with van der Waals surface area (Å²) in [4.78, 5) is 2.08. The van der Waals surface area contributed by atoms with E-state index in [4.69, 9.17) is 19.9 Å². The smallest absolute Gasteiger partial charge is 0.231 e. The molecule has 0 radical (unpaired) electrons. The van der Waals surface area contributed by atoms with Crippen molar-refractivity contribution in [2.45, 2.75) is 6.42 Å². The third-order valence-electron chi connectivity index (χ3n) is 2.77. The predicted octanol–water partition coefficient (Wildman–Crippen LogP) is 0.857. The quantitative estimate of drug-likeness (QED) is 0.813. The minimum atomic E-state index is 0.276. The molecule has 1 aliphatic heterocycles. The van der Waals surface area contributed by atoms with Crippen LogP contribution in [0.1, 0.15) is 5.56 Å². The number of nitrogens with two attached hydrogens (primary N) is 1. The SMILES string of the molecule is CN(C)CCOc1cc2c(cc1CCN)OCO2. The Kier molecular flexibility index (Phi) is 4.28. The molecule has 1 aromatic carbocycles. The second kappa shape index (κ2) is 5.93. The summed E-state index contributed by atoms with van der Waals surface area (Å²) in [6, 6.07) is 3.85. The molecule has 0 bridgehead atoms. The van der Waals surface area contributed by atoms with E-state index in [2.05, 4.69) is 4.90 Å². The van der Waals surface area contributed by atoms with Crippen LogP contribution in [0.3, 0.4) is 0 Å². The van der Waals surface area contributed by atoms with Gasteiger partial charge in [0.05, 0.1) is 0 Å². The van der Waals surface area contributed by atoms with Gasteiger partial charge in [0.25, 0.3) is 0 Å². The molecule has 100 valence electrons. The van der Waals surface area contributed by atoms with E-state index < -0.39 is 0 Å². The lowest BCUT2D eigenvalue weighted by Crippen LogP contribution is -2.20. The van der Waals surface area contributed by atoms with Crippen molar-refractivity contribution in [1.29, 1.82) is 0 Å². The summed E-state index contributed by atoms with van der Waals surface area (Å²) in [5.41, 5.74) is 6.69. The highest BCUT2D eigenvalue weighted by Gasteiger charge is 2.17. The van der Waals surface area contributed by atoms with Crippen molar-refractivity contribution >= 4 is 0 Å². The Morgan fingerprint density at radius 1 is 1.28 bits per heavy atom. The second-order valence-electron chi connectivity index (χ2n) is 4.50. The van der Waals surface area contributed by atoms with E-state index >= 15 is 0 Å². The molecule has 0 aromatic heterocycles. The molecule has 18 heavy (non-hydrogen) atoms. The van der Waals surface area contributed by atoms with Crippen molar-refractivity contribution in [1.82, 2.24) is 4.90 Å². The van der Waals surface area contributed by atoms with Gasteiger partial charge in [0.15, 0.2) is 11.5 Å². The van der Waals surface area contributed by atoms with Gasteiger partial charge in [0.2, 0.25) is 6.79 Å². The van der Waals surface area contributed by atoms with Crippen LogP contribution in [0.5, 0.6) is 17.2 Å². The summed E-state index contributed by atoms with van der Waals surface area (Å²) in [5.74, 6) is 2.36. The van der Waals surface area contributed by atoms with Gasteiger partial charge in [-0.15, -0.1) is 0 Å². The average Bonchev–Trinajstić information content (AvgIpc) is 2.76. The molecule has 2 N–H and O–H groups in total. The van der Waals surface area contributed by atoms with Crippen molar-refractivity contribution in [2.24, 2.45) is 5.73 Å². The summed E-state index contributed by atoms with van der Waals surface area (Å²) in [5, 5.41) is 0. The molecule has 1 aromatic rings. The van der Waals surface area contributed by atoms with Crippen molar-refractivity contribution in [3.63, 3.8) is 0 Å². The summed E-state index contributed by atoms with van der Waals surface area (Å²) >= 11 is 0. The Labute approximate surface area is 107 Å². The number of fused-ring (bicyclic) bond motifs is 1. The standard InChI is InChI=1S/C13H20N2O3/c1-15(2)5-6-16-11-8-13-12(17-9-18-13)7-10(11)3-4-14/h7-8H,3-6,9,14H2,1-2H3. The third kappa shape index (κ3) is 3.05. The van der Waals surface area contributed by atoms with E-state index in [1.54, 1.807) is 0 Å². The van der Waals surface area contributed by atoms with Crippen LogP contribution in [0.25, 0.3) is 0 Å². The molecule has 1 heterocycles. The summed E-state index contributed by atoms with van der Waals surface area (Å²) in [6.07, 6.45) is 0.772. The Bertz CT molecular complexity index is 407. The molecule has 1 aliphatic rings. The van der Waals surface area contributed by atoms with Crippen LogP contribution < -0.4 is 19.9 Å². The number of hydrogen-bond donors (Lipinski definition) is 1. The molecular formula is C13H20N2O3. The molecule has 0 saturated heterocycles. The first-order chi connectivity index (χ1) is 8.70. The van der Waals surface area contributed by atoms with Crippen molar-refractivity contribution in [3.8, 4) is 17.2 Å². The van der Waals surface area contributed by atoms with Crippen LogP contribution in [0.4, 0.5) is 0 Å². The minimum Gasteiger partial charge on any atom is -0.492 e. The molecule has 0 amide bonds. The zero-order chi connectivity index (χ0) is 13.0. The third-order valence-corrected chi connectivity index (χ3v) is 2.77. The lowest BCUT2D eigenvalue weighted by atomic mass is 10.1. The Morgan fingerprint density at radius 3 is 2.67 bits per heavy atom. The van der Waals surface area contributed by atoms with Crippen molar-refractivity contribution in [2.75, 3.05) is 40.6 Å². The lowest BCUT2D eigenvalue weighted by Gasteiger charge is -2.14. The first-order valence-corrected chi connectivity index (χ1v) is 6.11. The Morgan fingerprint density at radius 2 is 2.00 bits per heavy atom. The van der Waals surface area contributed by atoms with Crippen molar-refractivity contribution < 1.29 is 14.2 Å². The second-order valence-corrected chi connectivity index (χ2v) is 4.50. The number of rotatable bonds is 6. The number of ether oxygens (including phenoxy) is 3. The predicted molar refractivity (Wildman–Crippen MR) is 69.4 cm³/mol. The number of likely N-dealkylation sites (N-methyl/N-ethyl adjacent to an activating group) is 1. The van der Waals surface area contributed by atoms with E-state index in [1.165, 1.54) is 0 Å². The maximum absolute atomic E-state index is 5.79. The summed E-state index contributed by atoms with van der Waals surface area (Å²) in [7, 11) is 4.04. The van der Waals surface area contributed by atoms with Gasteiger partial charge in [-0.3, -0.25) is 0 Å². The molecular weight excluding hydrogens is 232 g/mol. The van der Waals surface area contributed by atoms with Crippen LogP contribution in [0, 0.1) is 0 Å². The van der Waals surface area contributed by atoms with Crippen LogP contribution in [-0.2, 0) is 6.42 Å². The molecule has 5 nitrogen and oxygen atoms in total. The monoisotopic (exact) mass is 252 g/mol. The van der Waals surface area contributed by atoms with Crippen LogP contribution in [-0.4, -0.2) is 45.5 Å². The van der Waals surface area contributed by atoms with Gasteiger partial charge >= 0.3 is 0 Å². The first kappa shape index (κ1) is 13.0. The van der Waals surface area contributed by atoms with Gasteiger partial charge in [0.1, 0.15) is 12.4 Å². The highest BCUT2D eigenvalue weighted by atomic mass is 16.7. The Hall–Kier alpha value is -1.46. The zero-order valence-electron chi connectivity index (χ0n) is 10.9. The maximum atomic E-state index is 5.79. The van der Waals surface area contributed by atoms with Crippen LogP contribution in [0.15, 0.2) is 12.1 Å². The molecule has 0 fully saturated rings. The molecule has 0 atom stereocenters. The number of nitrogens with zero attached hydrogens (tertiary/aromatic N) is 1. The fourth-order valence-corrected chi connectivity index (χ4v) is 1.79. The fraction of sp³-hybridized carbons (Fsp3) is 0.538. The highest BCUT2D eigenvalue weighted by molar-refractivity contribution is 5.52. The van der Waals surface area contributed by atoms with E-state index in [1.807, 2.05) is 26.2 Å². The van der Waals surface area contributed by atoms with Gasteiger partial charge < -0.3 is 24.8 Å². The molecule has 0 aliphatic carbocycles. The van der Waals surface area contributed by atoms with Gasteiger partial charge in [-0.05, 0) is 38.7 Å². The van der Waals surface area contributed by atoms with Crippen LogP contribution >= 0.6 is 0 Å². The fourth-order valence-electron chi connectivity index (χ4n) is 1.79. The van der Waals surface area contributed by atoms with E-state index in [0.717, 1.165) is 35.8 Å². The maximum Gasteiger partial charge on any atom is 0.231 e. The van der Waals surface area contributed by atoms with Gasteiger partial charge in [0, 0.05) is 12.6 Å². The van der Waals surface area contributed by atoms with Crippen molar-refractivity contribution in [3.05, 3.63) is 17.7 Å². The summed E-state index contributed by atoms with van der Waals surface area (Å²) < 4.78 is 16.5. The van der Waals surface area contributed by atoms with Crippen LogP contribution in [0.2, 0.25) is 0 Å². The number of benzene rings is 1. The topological polar surface area (TPSA) is 57.0 Å². The molecule has 0 saturated carbocycles. The summed E-state index contributed by atoms with van der Waals surface area (Å²) in [6.45, 7) is 2.38. The molecule has 0 unspecified atom stereocenters. The normalized spacial score (nSPS) is 13.1. The lowest BCUT2D eigenvalue weighted by molar-refractivity contribution is 0.173. The molecule has 2 rings (SSSR count). The average molecular weight is 252 g/mol. The Balaban J connectivity index is 2.11. The largest absolute Gasteiger partial charge is 0.492 e. The zero-order valence-corrected chi connectivity index (χ0v) is 10.9. The molecule has 5 heteroatoms. The van der Waals surface area contributed by atoms with Gasteiger partial charge in [-0.2, -0.15) is 0 Å². The van der Waals surface area contributed by atoms with E-state index in [-0.39, 0.29) is 6.79 Å². The van der Waals surface area contributed by atoms with E-state index in [9.17, 15) is 0 Å². The number of hydrogen-bond acceptors (Lipinski definition) is 5. The highest BCUT2D eigenvalue weighted by Crippen LogP contribution is 2.38.